The zero-order valence-electron chi connectivity index (χ0n) is 10.0. The summed E-state index contributed by atoms with van der Waals surface area (Å²) < 4.78 is 14.1. The number of anilines is 1. The fourth-order valence-electron chi connectivity index (χ4n) is 1.60. The quantitative estimate of drug-likeness (QED) is 0.834. The average molecular weight is 343 g/mol. The number of aryl methyl sites for hydroxylation is 1. The number of hydrogen-bond acceptors (Lipinski definition) is 1. The first-order chi connectivity index (χ1) is 8.99. The second kappa shape index (κ2) is 5.72. The zero-order chi connectivity index (χ0) is 14.0. The molecule has 0 aliphatic heterocycles. The number of nitrogens with one attached hydrogen (secondary N) is 1. The molecule has 0 heterocycles. The zero-order valence-corrected chi connectivity index (χ0v) is 12.3. The molecule has 0 radical (unpaired) electrons. The molecule has 2 rings (SSSR count). The first kappa shape index (κ1) is 14.0. The number of halogens is 3. The molecule has 0 spiro atoms. The smallest absolute Gasteiger partial charge is 0.258 e. The minimum Gasteiger partial charge on any atom is -0.322 e. The van der Waals surface area contributed by atoms with Crippen LogP contribution in [0, 0.1) is 12.7 Å². The molecule has 0 aromatic heterocycles. The Hall–Kier alpha value is -1.39. The van der Waals surface area contributed by atoms with Gasteiger partial charge in [0.2, 0.25) is 0 Å². The van der Waals surface area contributed by atoms with Crippen LogP contribution >= 0.6 is 27.5 Å². The Morgan fingerprint density at radius 3 is 2.79 bits per heavy atom. The van der Waals surface area contributed by atoms with Gasteiger partial charge in [-0.2, -0.15) is 0 Å². The van der Waals surface area contributed by atoms with Crippen LogP contribution in [0.25, 0.3) is 0 Å². The molecule has 0 aliphatic carbocycles. The summed E-state index contributed by atoms with van der Waals surface area (Å²) in [7, 11) is 0. The minimum absolute atomic E-state index is 0.0197. The number of benzene rings is 2. The van der Waals surface area contributed by atoms with Gasteiger partial charge in [0.25, 0.3) is 5.91 Å². The van der Waals surface area contributed by atoms with E-state index in [9.17, 15) is 9.18 Å². The summed E-state index contributed by atoms with van der Waals surface area (Å²) >= 11 is 8.92. The second-order valence-corrected chi connectivity index (χ2v) is 5.31. The maximum atomic E-state index is 13.8. The van der Waals surface area contributed by atoms with E-state index in [1.54, 1.807) is 24.3 Å². The molecular formula is C14H10BrClFNO. The molecule has 2 nitrogen and oxygen atoms in total. The van der Waals surface area contributed by atoms with Gasteiger partial charge >= 0.3 is 0 Å². The number of hydrogen-bond donors (Lipinski definition) is 1. The van der Waals surface area contributed by atoms with Crippen LogP contribution in [-0.4, -0.2) is 5.91 Å². The molecule has 98 valence electrons. The molecule has 19 heavy (non-hydrogen) atoms. The average Bonchev–Trinajstić information content (AvgIpc) is 2.37. The van der Waals surface area contributed by atoms with Crippen molar-refractivity contribution in [3.63, 3.8) is 0 Å². The van der Waals surface area contributed by atoms with Gasteiger partial charge < -0.3 is 5.32 Å². The Labute approximate surface area is 123 Å². The van der Waals surface area contributed by atoms with Crippen LogP contribution in [-0.2, 0) is 0 Å². The lowest BCUT2D eigenvalue weighted by atomic mass is 10.1. The molecule has 0 unspecified atom stereocenters. The number of carbonyl (C=O) groups excluding carboxylic acids is 1. The van der Waals surface area contributed by atoms with E-state index in [2.05, 4.69) is 21.2 Å². The molecule has 0 saturated heterocycles. The third-order valence-electron chi connectivity index (χ3n) is 2.64. The first-order valence-corrected chi connectivity index (χ1v) is 6.67. The number of amides is 1. The molecule has 1 N–H and O–H groups in total. The van der Waals surface area contributed by atoms with Gasteiger partial charge in [0.15, 0.2) is 0 Å². The Kier molecular flexibility index (Phi) is 4.22. The highest BCUT2D eigenvalue weighted by Gasteiger charge is 2.14. The van der Waals surface area contributed by atoms with Crippen LogP contribution in [0.5, 0.6) is 0 Å². The van der Waals surface area contributed by atoms with Gasteiger partial charge in [-0.05, 0) is 52.7 Å². The lowest BCUT2D eigenvalue weighted by Crippen LogP contribution is -2.14. The van der Waals surface area contributed by atoms with Crippen LogP contribution in [0.4, 0.5) is 10.1 Å². The molecule has 5 heteroatoms. The Balaban J connectivity index is 2.31. The van der Waals surface area contributed by atoms with Gasteiger partial charge in [0.1, 0.15) is 5.82 Å². The van der Waals surface area contributed by atoms with Crippen LogP contribution in [0.15, 0.2) is 40.9 Å². The van der Waals surface area contributed by atoms with Crippen molar-refractivity contribution in [2.45, 2.75) is 6.92 Å². The van der Waals surface area contributed by atoms with Crippen molar-refractivity contribution in [2.24, 2.45) is 0 Å². The largest absolute Gasteiger partial charge is 0.322 e. The highest BCUT2D eigenvalue weighted by atomic mass is 79.9. The molecule has 0 saturated carbocycles. The van der Waals surface area contributed by atoms with Crippen molar-refractivity contribution in [1.29, 1.82) is 0 Å². The summed E-state index contributed by atoms with van der Waals surface area (Å²) in [6.07, 6.45) is 0. The van der Waals surface area contributed by atoms with Crippen LogP contribution in [0.1, 0.15) is 15.9 Å². The van der Waals surface area contributed by atoms with E-state index < -0.39 is 11.7 Å². The first-order valence-electron chi connectivity index (χ1n) is 5.50. The van der Waals surface area contributed by atoms with Crippen molar-refractivity contribution in [3.8, 4) is 0 Å². The Morgan fingerprint density at radius 1 is 1.32 bits per heavy atom. The fraction of sp³-hybridized carbons (Fsp3) is 0.0714. The van der Waals surface area contributed by atoms with Gasteiger partial charge in [0, 0.05) is 10.7 Å². The molecule has 0 fully saturated rings. The number of rotatable bonds is 2. The van der Waals surface area contributed by atoms with E-state index in [1.165, 1.54) is 12.1 Å². The van der Waals surface area contributed by atoms with Gasteiger partial charge in [0.05, 0.1) is 10.0 Å². The van der Waals surface area contributed by atoms with E-state index in [4.69, 9.17) is 11.6 Å². The summed E-state index contributed by atoms with van der Waals surface area (Å²) in [6.45, 7) is 1.84. The van der Waals surface area contributed by atoms with Gasteiger partial charge in [-0.15, -0.1) is 0 Å². The van der Waals surface area contributed by atoms with Gasteiger partial charge in [-0.25, -0.2) is 4.39 Å². The van der Waals surface area contributed by atoms with E-state index in [-0.39, 0.29) is 10.0 Å². The summed E-state index contributed by atoms with van der Waals surface area (Å²) in [6, 6.07) is 9.71. The highest BCUT2D eigenvalue weighted by molar-refractivity contribution is 9.10. The van der Waals surface area contributed by atoms with Crippen LogP contribution in [0.2, 0.25) is 5.02 Å². The van der Waals surface area contributed by atoms with Crippen LogP contribution in [0.3, 0.4) is 0 Å². The van der Waals surface area contributed by atoms with Crippen molar-refractivity contribution < 1.29 is 9.18 Å². The summed E-state index contributed by atoms with van der Waals surface area (Å²) in [5, 5.41) is 3.16. The normalized spacial score (nSPS) is 10.3. The maximum Gasteiger partial charge on any atom is 0.258 e. The van der Waals surface area contributed by atoms with Gasteiger partial charge in [-0.3, -0.25) is 4.79 Å². The van der Waals surface area contributed by atoms with E-state index >= 15 is 0 Å². The van der Waals surface area contributed by atoms with Crippen LogP contribution < -0.4 is 5.32 Å². The molecule has 0 atom stereocenters. The summed E-state index contributed by atoms with van der Waals surface area (Å²) in [5.41, 5.74) is 1.40. The maximum absolute atomic E-state index is 13.8. The molecule has 0 bridgehead atoms. The molecule has 1 amide bonds. The third kappa shape index (κ3) is 3.14. The van der Waals surface area contributed by atoms with E-state index in [0.29, 0.717) is 10.7 Å². The second-order valence-electron chi connectivity index (χ2n) is 4.01. The van der Waals surface area contributed by atoms with Crippen molar-refractivity contribution >= 4 is 39.1 Å². The number of carbonyl (C=O) groups is 1. The lowest BCUT2D eigenvalue weighted by molar-refractivity contribution is 0.102. The van der Waals surface area contributed by atoms with E-state index in [1.807, 2.05) is 6.92 Å². The molecule has 0 aliphatic rings. The standard InChI is InChI=1S/C14H10BrClFNO/c1-8-5-6-9(16)7-12(8)18-14(19)10-3-2-4-11(15)13(10)17/h2-7H,1H3,(H,18,19). The Morgan fingerprint density at radius 2 is 2.05 bits per heavy atom. The Bertz CT molecular complexity index is 645. The molecule has 2 aromatic rings. The predicted octanol–water partition coefficient (Wildman–Crippen LogP) is 4.80. The lowest BCUT2D eigenvalue weighted by Gasteiger charge is -2.09. The minimum atomic E-state index is -0.584. The van der Waals surface area contributed by atoms with E-state index in [0.717, 1.165) is 5.56 Å². The summed E-state index contributed by atoms with van der Waals surface area (Å²) in [4.78, 5) is 12.0. The third-order valence-corrected chi connectivity index (χ3v) is 3.49. The summed E-state index contributed by atoms with van der Waals surface area (Å²) in [5.74, 6) is -1.09. The van der Waals surface area contributed by atoms with Crippen molar-refractivity contribution in [1.82, 2.24) is 0 Å². The highest BCUT2D eigenvalue weighted by Crippen LogP contribution is 2.23. The fourth-order valence-corrected chi connectivity index (χ4v) is 2.14. The van der Waals surface area contributed by atoms with Crippen molar-refractivity contribution in [3.05, 3.63) is 62.8 Å². The predicted molar refractivity (Wildman–Crippen MR) is 78.2 cm³/mol. The molecular weight excluding hydrogens is 333 g/mol. The molecule has 2 aromatic carbocycles. The van der Waals surface area contributed by atoms with Gasteiger partial charge in [-0.1, -0.05) is 23.7 Å². The monoisotopic (exact) mass is 341 g/mol. The topological polar surface area (TPSA) is 29.1 Å². The van der Waals surface area contributed by atoms with Crippen molar-refractivity contribution in [2.75, 3.05) is 5.32 Å². The SMILES string of the molecule is Cc1ccc(Cl)cc1NC(=O)c1cccc(Br)c1F.